The SMILES string of the molecule is N/N=C\N(N)CC(c1ccc(F)cc1F)C(F)(F)c1ccc(Cc2ccccc2)cn1. The summed E-state index contributed by atoms with van der Waals surface area (Å²) in [5.41, 5.74) is 0.791. The molecule has 4 N–H and O–H groups in total. The Morgan fingerprint density at radius 3 is 2.39 bits per heavy atom. The zero-order chi connectivity index (χ0) is 22.4. The van der Waals surface area contributed by atoms with Crippen LogP contribution >= 0.6 is 0 Å². The third-order valence-electron chi connectivity index (χ3n) is 4.80. The third-order valence-corrected chi connectivity index (χ3v) is 4.80. The Kier molecular flexibility index (Phi) is 6.86. The standard InChI is InChI=1S/C22H21F4N5/c23-17-7-8-18(20(24)11-17)19(13-31(28)14-30-27)22(25,26)21-9-6-16(12-29-21)10-15-4-2-1-3-5-15/h1-9,11-12,14,19H,10,13,27-28H2/b30-14-. The van der Waals surface area contributed by atoms with Gasteiger partial charge in [-0.1, -0.05) is 42.5 Å². The lowest BCUT2D eigenvalue weighted by Crippen LogP contribution is -2.40. The first-order valence-electron chi connectivity index (χ1n) is 9.38. The quantitative estimate of drug-likeness (QED) is 0.186. The van der Waals surface area contributed by atoms with E-state index in [1.807, 2.05) is 30.3 Å². The lowest BCUT2D eigenvalue weighted by Gasteiger charge is -2.29. The molecule has 1 aromatic heterocycles. The molecule has 9 heteroatoms. The number of nitrogens with zero attached hydrogens (tertiary/aromatic N) is 3. The summed E-state index contributed by atoms with van der Waals surface area (Å²) in [5, 5.41) is 4.00. The van der Waals surface area contributed by atoms with E-state index >= 15 is 8.78 Å². The number of alkyl halides is 2. The maximum Gasteiger partial charge on any atom is 0.298 e. The average molecular weight is 431 g/mol. The highest BCUT2D eigenvalue weighted by atomic mass is 19.3. The van der Waals surface area contributed by atoms with Crippen molar-refractivity contribution in [1.29, 1.82) is 0 Å². The molecule has 0 fully saturated rings. The van der Waals surface area contributed by atoms with Gasteiger partial charge in [0.25, 0.3) is 5.92 Å². The van der Waals surface area contributed by atoms with Crippen molar-refractivity contribution in [3.05, 3.63) is 101 Å². The second-order valence-electron chi connectivity index (χ2n) is 7.02. The summed E-state index contributed by atoms with van der Waals surface area (Å²) in [6, 6.07) is 14.7. The summed E-state index contributed by atoms with van der Waals surface area (Å²) < 4.78 is 58.6. The summed E-state index contributed by atoms with van der Waals surface area (Å²) in [7, 11) is 0. The lowest BCUT2D eigenvalue weighted by atomic mass is 9.89. The Morgan fingerprint density at radius 2 is 1.77 bits per heavy atom. The topological polar surface area (TPSA) is 80.5 Å². The fourth-order valence-corrected chi connectivity index (χ4v) is 3.27. The van der Waals surface area contributed by atoms with E-state index in [2.05, 4.69) is 10.1 Å². The van der Waals surface area contributed by atoms with Crippen LogP contribution in [0.4, 0.5) is 17.6 Å². The third kappa shape index (κ3) is 5.37. The van der Waals surface area contributed by atoms with E-state index in [1.165, 1.54) is 12.3 Å². The molecule has 0 bridgehead atoms. The molecule has 0 saturated heterocycles. The van der Waals surface area contributed by atoms with Crippen LogP contribution in [0.25, 0.3) is 0 Å². The molecule has 1 heterocycles. The highest BCUT2D eigenvalue weighted by Crippen LogP contribution is 2.42. The highest BCUT2D eigenvalue weighted by molar-refractivity contribution is 5.53. The van der Waals surface area contributed by atoms with Crippen molar-refractivity contribution in [3.8, 4) is 0 Å². The number of pyridine rings is 1. The van der Waals surface area contributed by atoms with E-state index in [0.29, 0.717) is 12.5 Å². The molecule has 0 spiro atoms. The largest absolute Gasteiger partial charge is 0.322 e. The molecule has 1 unspecified atom stereocenters. The number of hydrogen-bond acceptors (Lipinski definition) is 4. The Bertz CT molecular complexity index is 1030. The van der Waals surface area contributed by atoms with Crippen molar-refractivity contribution in [1.82, 2.24) is 9.99 Å². The van der Waals surface area contributed by atoms with Gasteiger partial charge in [0.05, 0.1) is 5.92 Å². The number of nitrogens with two attached hydrogens (primary N) is 2. The number of hydrazine groups is 1. The van der Waals surface area contributed by atoms with Crippen LogP contribution in [0, 0.1) is 11.6 Å². The van der Waals surface area contributed by atoms with E-state index in [0.717, 1.165) is 34.6 Å². The van der Waals surface area contributed by atoms with Gasteiger partial charge in [-0.2, -0.15) is 13.9 Å². The van der Waals surface area contributed by atoms with Gasteiger partial charge in [0.2, 0.25) is 0 Å². The molecular formula is C22H21F4N5. The summed E-state index contributed by atoms with van der Waals surface area (Å²) in [5.74, 6) is 3.28. The van der Waals surface area contributed by atoms with E-state index in [4.69, 9.17) is 11.7 Å². The Morgan fingerprint density at radius 1 is 1.03 bits per heavy atom. The maximum atomic E-state index is 15.5. The summed E-state index contributed by atoms with van der Waals surface area (Å²) >= 11 is 0. The minimum atomic E-state index is -3.62. The molecule has 31 heavy (non-hydrogen) atoms. The van der Waals surface area contributed by atoms with Crippen LogP contribution in [0.2, 0.25) is 0 Å². The first-order valence-corrected chi connectivity index (χ1v) is 9.38. The monoisotopic (exact) mass is 431 g/mol. The zero-order valence-corrected chi connectivity index (χ0v) is 16.4. The average Bonchev–Trinajstić information content (AvgIpc) is 2.74. The van der Waals surface area contributed by atoms with Crippen LogP contribution in [0.15, 0.2) is 72.0 Å². The van der Waals surface area contributed by atoms with Gasteiger partial charge >= 0.3 is 0 Å². The number of aromatic nitrogens is 1. The van der Waals surface area contributed by atoms with Crippen LogP contribution in [-0.2, 0) is 12.3 Å². The maximum absolute atomic E-state index is 15.5. The normalized spacial score (nSPS) is 12.8. The van der Waals surface area contributed by atoms with Crippen LogP contribution in [0.5, 0.6) is 0 Å². The van der Waals surface area contributed by atoms with Gasteiger partial charge in [0, 0.05) is 18.8 Å². The van der Waals surface area contributed by atoms with Crippen molar-refractivity contribution in [2.45, 2.75) is 18.3 Å². The van der Waals surface area contributed by atoms with Gasteiger partial charge in [-0.3, -0.25) is 9.99 Å². The molecule has 0 amide bonds. The molecule has 0 aliphatic rings. The highest BCUT2D eigenvalue weighted by Gasteiger charge is 2.45. The summed E-state index contributed by atoms with van der Waals surface area (Å²) in [4.78, 5) is 3.93. The summed E-state index contributed by atoms with van der Waals surface area (Å²) in [6.45, 7) is -0.538. The van der Waals surface area contributed by atoms with Crippen LogP contribution in [-0.4, -0.2) is 22.9 Å². The van der Waals surface area contributed by atoms with Crippen molar-refractivity contribution >= 4 is 6.34 Å². The molecule has 2 aromatic carbocycles. The first kappa shape index (κ1) is 22.2. The fraction of sp³-hybridized carbons (Fsp3) is 0.182. The Balaban J connectivity index is 1.93. The van der Waals surface area contributed by atoms with Gasteiger partial charge in [0.1, 0.15) is 23.7 Å². The minimum absolute atomic E-state index is 0.401. The predicted octanol–water partition coefficient (Wildman–Crippen LogP) is 3.90. The van der Waals surface area contributed by atoms with Gasteiger partial charge in [-0.05, 0) is 35.2 Å². The van der Waals surface area contributed by atoms with Crippen molar-refractivity contribution in [2.75, 3.05) is 6.54 Å². The molecular weight excluding hydrogens is 410 g/mol. The molecule has 3 rings (SSSR count). The van der Waals surface area contributed by atoms with E-state index in [1.54, 1.807) is 6.07 Å². The smallest absolute Gasteiger partial charge is 0.298 e. The van der Waals surface area contributed by atoms with Crippen molar-refractivity contribution in [3.63, 3.8) is 0 Å². The van der Waals surface area contributed by atoms with Gasteiger partial charge in [-0.15, -0.1) is 0 Å². The second kappa shape index (κ2) is 9.57. The number of hydrogen-bond donors (Lipinski definition) is 2. The Labute approximate surface area is 177 Å². The second-order valence-corrected chi connectivity index (χ2v) is 7.02. The minimum Gasteiger partial charge on any atom is -0.322 e. The molecule has 0 aliphatic carbocycles. The van der Waals surface area contributed by atoms with Crippen molar-refractivity contribution < 1.29 is 17.6 Å². The van der Waals surface area contributed by atoms with Gasteiger partial charge < -0.3 is 5.84 Å². The van der Waals surface area contributed by atoms with E-state index < -0.39 is 41.3 Å². The molecule has 162 valence electrons. The molecule has 3 aromatic rings. The number of benzene rings is 2. The van der Waals surface area contributed by atoms with Crippen LogP contribution < -0.4 is 11.7 Å². The van der Waals surface area contributed by atoms with E-state index in [-0.39, 0.29) is 0 Å². The van der Waals surface area contributed by atoms with Crippen LogP contribution in [0.3, 0.4) is 0 Å². The number of halogens is 4. The number of rotatable bonds is 8. The lowest BCUT2D eigenvalue weighted by molar-refractivity contribution is -0.0443. The Hall–Kier alpha value is -3.46. The van der Waals surface area contributed by atoms with Gasteiger partial charge in [0.15, 0.2) is 0 Å². The fourth-order valence-electron chi connectivity index (χ4n) is 3.27. The zero-order valence-electron chi connectivity index (χ0n) is 16.4. The van der Waals surface area contributed by atoms with E-state index in [9.17, 15) is 8.78 Å². The molecule has 0 saturated carbocycles. The van der Waals surface area contributed by atoms with Crippen molar-refractivity contribution in [2.24, 2.45) is 16.8 Å². The molecule has 1 atom stereocenters. The van der Waals surface area contributed by atoms with Crippen LogP contribution in [0.1, 0.15) is 28.3 Å². The molecule has 0 aliphatic heterocycles. The predicted molar refractivity (Wildman–Crippen MR) is 110 cm³/mol. The molecule has 0 radical (unpaired) electrons. The first-order chi connectivity index (χ1) is 14.8. The van der Waals surface area contributed by atoms with Gasteiger partial charge in [-0.25, -0.2) is 14.6 Å². The summed E-state index contributed by atoms with van der Waals surface area (Å²) in [6.07, 6.45) is 2.82. The molecule has 5 nitrogen and oxygen atoms in total. The number of hydrazone groups is 1.